The van der Waals surface area contributed by atoms with Crippen molar-refractivity contribution in [2.24, 2.45) is 30.7 Å². The van der Waals surface area contributed by atoms with Gasteiger partial charge in [-0.1, -0.05) is 99.6 Å². The number of aromatic nitrogens is 18. The lowest BCUT2D eigenvalue weighted by Crippen LogP contribution is -2.56. The van der Waals surface area contributed by atoms with Crippen LogP contribution in [0.15, 0.2) is 182 Å². The van der Waals surface area contributed by atoms with Gasteiger partial charge in [0.05, 0.1) is 79.6 Å². The molecule has 706 valence electrons. The number of nitriles is 3. The largest absolute Gasteiger partial charge is 0.478 e. The molecule has 13 N–H and O–H groups in total. The first-order valence-corrected chi connectivity index (χ1v) is 47.7. The molecule has 14 aromatic rings. The lowest BCUT2D eigenvalue weighted by atomic mass is 9.73. The summed E-state index contributed by atoms with van der Waals surface area (Å²) in [5, 5.41) is 127. The molecule has 135 heavy (non-hydrogen) atoms. The highest BCUT2D eigenvalue weighted by atomic mass is 32.2. The highest BCUT2D eigenvalue weighted by molar-refractivity contribution is 7.87. The van der Waals surface area contributed by atoms with Crippen LogP contribution in [0.5, 0.6) is 0 Å². The van der Waals surface area contributed by atoms with Crippen LogP contribution < -0.4 is 10.6 Å². The van der Waals surface area contributed by atoms with Crippen LogP contribution in [0, 0.1) is 47.8 Å². The van der Waals surface area contributed by atoms with Crippen LogP contribution in [0.4, 0.5) is 40.2 Å². The van der Waals surface area contributed by atoms with Gasteiger partial charge in [-0.2, -0.15) is 81.6 Å². The molecule has 0 spiro atoms. The van der Waals surface area contributed by atoms with Crippen LogP contribution in [-0.4, -0.2) is 201 Å². The van der Waals surface area contributed by atoms with E-state index >= 15 is 0 Å². The van der Waals surface area contributed by atoms with Crippen molar-refractivity contribution in [1.29, 1.82) is 15.8 Å². The van der Waals surface area contributed by atoms with Crippen molar-refractivity contribution in [2.45, 2.75) is 166 Å². The number of benzene rings is 5. The fourth-order valence-electron chi connectivity index (χ4n) is 13.4. The smallest absolute Gasteiger partial charge is 0.335 e. The van der Waals surface area contributed by atoms with Gasteiger partial charge < -0.3 is 20.8 Å². The highest BCUT2D eigenvalue weighted by Crippen LogP contribution is 2.44. The second-order valence-corrected chi connectivity index (χ2v) is 42.0. The van der Waals surface area contributed by atoms with Crippen molar-refractivity contribution in [3.63, 3.8) is 0 Å². The summed E-state index contributed by atoms with van der Waals surface area (Å²) in [6, 6.07) is 28.0. The van der Waals surface area contributed by atoms with Crippen molar-refractivity contribution in [3.8, 4) is 35.3 Å². The van der Waals surface area contributed by atoms with E-state index in [1.807, 2.05) is 60.6 Å². The number of carbonyl (C=O) groups excluding carboxylic acids is 1. The third-order valence-electron chi connectivity index (χ3n) is 20.9. The monoisotopic (exact) mass is 1970 g/mol. The summed E-state index contributed by atoms with van der Waals surface area (Å²) in [4.78, 5) is 20.7. The van der Waals surface area contributed by atoms with Gasteiger partial charge in [0, 0.05) is 39.0 Å². The summed E-state index contributed by atoms with van der Waals surface area (Å²) in [5.74, 6) is -1.30. The maximum absolute atomic E-state index is 13.4. The number of aliphatic hydroxyl groups excluding tert-OH is 1. The molecular formula is C78H81N29O22S6. The lowest BCUT2D eigenvalue weighted by Gasteiger charge is -2.40. The van der Waals surface area contributed by atoms with Crippen molar-refractivity contribution < 1.29 is 97.6 Å². The number of aryl methyl sites for hydroxylation is 2. The molecule has 1 unspecified atom stereocenters. The topological polar surface area (TPSA) is 762 Å². The molecule has 0 aliphatic carbocycles. The first-order valence-electron chi connectivity index (χ1n) is 39.1. The Labute approximate surface area is 766 Å². The van der Waals surface area contributed by atoms with Gasteiger partial charge in [0.15, 0.2) is 57.7 Å². The third-order valence-corrected chi connectivity index (χ3v) is 26.3. The van der Waals surface area contributed by atoms with Crippen LogP contribution in [0.25, 0.3) is 34.0 Å². The molecule has 0 aliphatic heterocycles. The highest BCUT2D eigenvalue weighted by Gasteiger charge is 2.46. The van der Waals surface area contributed by atoms with E-state index < -0.39 is 147 Å². The molecule has 9 aromatic heterocycles. The average molecular weight is 1970 g/mol. The molecule has 0 aliphatic rings. The number of carboxylic acids is 1. The number of fused-ring (bicyclic) bond motifs is 3. The standard InChI is InChI=1S/C31H34N10O10S3.C24H20N10O5S.C23H27N9O7S2/c1-29(2,3)25-24(35-34-23-14-17(16-32)38-40(23)20-15-18(52(43,44)45)12-13-22(20)54(49,50)51)26-36-37-28(41(26)39-25)30(4,5)31(6,7)33-27(42)19-10-8-9-11-21(19)53(46,47)48;1-13-20(23-31-29-21(34(23)32-13)14(2)27-17-7-5-6-15(10-17)24(35)36)28-30-22-16(11-25)12-26-33(22)18-8-3-4-9-19(18)40(37,38)39;1-12-14(10-24)19(31(29-12)15-9-13(40(34,35)36)7-8-16(15)41(37,38)39)26-25-17-18(22(2,3)4)30-32-20(17)27-28-21(32)23(5,6)11-33/h8-15,39H,1-7H3,(H,33,42)(H,43,44,45)(H,46,47,48)(H,49,50,51);3-10,12,14,27,32H,1-2H3,(H,35,36)(H,37,38,39);7-9,30,33H,11H2,1-6H3,(H,34,35,36)(H,37,38,39). The first-order chi connectivity index (χ1) is 62.6. The van der Waals surface area contributed by atoms with Crippen LogP contribution in [0.1, 0.15) is 174 Å². The Morgan fingerprint density at radius 3 is 1.52 bits per heavy atom. The average Bonchev–Trinajstić information content (AvgIpc) is 1.59. The minimum atomic E-state index is -5.01. The number of aromatic amines is 3. The normalized spacial score (nSPS) is 13.1. The number of hydrogen-bond donors (Lipinski definition) is 13. The number of azo groups is 3. The second-order valence-electron chi connectivity index (χ2n) is 33.6. The fraction of sp³-hybridized carbons (Fsp3) is 0.282. The van der Waals surface area contributed by atoms with E-state index in [1.54, 1.807) is 81.8 Å². The van der Waals surface area contributed by atoms with Gasteiger partial charge in [0.2, 0.25) is 16.9 Å². The van der Waals surface area contributed by atoms with Gasteiger partial charge in [0.25, 0.3) is 66.6 Å². The van der Waals surface area contributed by atoms with Gasteiger partial charge in [-0.15, -0.1) is 61.3 Å². The predicted molar refractivity (Wildman–Crippen MR) is 472 cm³/mol. The number of nitrogens with zero attached hydrogens (tertiary/aromatic N) is 24. The zero-order valence-electron chi connectivity index (χ0n) is 73.3. The molecule has 14 rings (SSSR count). The summed E-state index contributed by atoms with van der Waals surface area (Å²) in [6.07, 6.45) is 1.20. The summed E-state index contributed by atoms with van der Waals surface area (Å²) in [5.41, 5.74) is -2.23. The zero-order chi connectivity index (χ0) is 99.7. The van der Waals surface area contributed by atoms with Crippen molar-refractivity contribution in [1.82, 2.24) is 94.1 Å². The number of H-pyrrole nitrogens is 3. The van der Waals surface area contributed by atoms with Crippen molar-refractivity contribution in [3.05, 3.63) is 190 Å². The zero-order valence-corrected chi connectivity index (χ0v) is 78.2. The summed E-state index contributed by atoms with van der Waals surface area (Å²) < 4.78 is 210. The molecule has 0 fully saturated rings. The number of rotatable bonds is 25. The molecule has 57 heteroatoms. The van der Waals surface area contributed by atoms with Crippen LogP contribution in [0.2, 0.25) is 0 Å². The number of aromatic carboxylic acids is 1. The van der Waals surface area contributed by atoms with E-state index in [9.17, 15) is 113 Å². The molecule has 1 amide bonds. The predicted octanol–water partition coefficient (Wildman–Crippen LogP) is 10.9. The molecular weight excluding hydrogens is 1890 g/mol. The van der Waals surface area contributed by atoms with E-state index in [0.717, 1.165) is 62.6 Å². The Morgan fingerprint density at radius 1 is 0.496 bits per heavy atom. The second kappa shape index (κ2) is 36.0. The lowest BCUT2D eigenvalue weighted by molar-refractivity contribution is 0.0696. The Kier molecular flexibility index (Phi) is 26.4. The summed E-state index contributed by atoms with van der Waals surface area (Å²) in [6.45, 7) is 26.4. The fourth-order valence-corrected chi connectivity index (χ4v) is 17.0. The van der Waals surface area contributed by atoms with E-state index in [-0.39, 0.29) is 91.9 Å². The molecule has 9 heterocycles. The maximum Gasteiger partial charge on any atom is 0.335 e. The molecule has 0 saturated carbocycles. The summed E-state index contributed by atoms with van der Waals surface area (Å²) >= 11 is 0. The van der Waals surface area contributed by atoms with Crippen LogP contribution in [0.3, 0.4) is 0 Å². The Balaban J connectivity index is 0.000000185. The minimum absolute atomic E-state index is 0.0154. The molecule has 5 aromatic carbocycles. The SMILES string of the molecule is CC(C)(C)c1[nH]n2c(C(C)(C)C(C)(C)NC(=O)c3ccccc3S(=O)(=O)O)nnc2c1N=Nc1cc(C#N)nn1-c1cc(S(=O)(=O)O)ccc1S(=O)(=O)O.Cc1[nH]n2c(C(C)Nc3cccc(C(=O)O)c3)nnc2c1N=Nc1c(C#N)cnn1-c1ccccc1S(=O)(=O)O.Cc1nn(-c2cc(S(=O)(=O)O)ccc2S(=O)(=O)O)c(N=Nc2c(C(C)(C)C)[nH]n3c(C(C)(C)CO)nnc23)c1C#N. The van der Waals surface area contributed by atoms with Crippen molar-refractivity contribution in [2.75, 3.05) is 11.9 Å². The quantitative estimate of drug-likeness (QED) is 0.0187. The van der Waals surface area contributed by atoms with E-state index in [4.69, 9.17) is 0 Å². The third kappa shape index (κ3) is 20.1. The Morgan fingerprint density at radius 2 is 0.993 bits per heavy atom. The molecule has 0 bridgehead atoms. The molecule has 1 atom stereocenters. The Bertz CT molecular complexity index is 8160. The van der Waals surface area contributed by atoms with Crippen molar-refractivity contribution >= 4 is 130 Å². The van der Waals surface area contributed by atoms with E-state index in [2.05, 4.69) is 103 Å². The number of anilines is 1. The number of carboxylic acid groups (broad SMARTS) is 1. The van der Waals surface area contributed by atoms with Gasteiger partial charge in [-0.05, 0) is 113 Å². The molecule has 51 nitrogen and oxygen atoms in total. The maximum atomic E-state index is 13.4. The van der Waals surface area contributed by atoms with Crippen LogP contribution in [-0.2, 0) is 82.4 Å². The summed E-state index contributed by atoms with van der Waals surface area (Å²) in [7, 11) is -28.9. The number of carbonyl (C=O) groups is 2. The molecule has 0 saturated heterocycles. The van der Waals surface area contributed by atoms with Gasteiger partial charge in [-0.3, -0.25) is 47.4 Å². The number of hydrogen-bond acceptors (Lipinski definition) is 34. The number of amides is 1. The molecule has 0 radical (unpaired) electrons. The first kappa shape index (κ1) is 99.2. The number of aliphatic hydroxyl groups is 1. The number of nitrogens with one attached hydrogen (secondary N) is 5. The van der Waals surface area contributed by atoms with E-state index in [0.29, 0.717) is 45.8 Å². The van der Waals surface area contributed by atoms with Gasteiger partial charge in [-0.25, -0.2) is 32.4 Å². The van der Waals surface area contributed by atoms with Gasteiger partial charge in [0.1, 0.15) is 48.9 Å². The van der Waals surface area contributed by atoms with Crippen LogP contribution >= 0.6 is 0 Å². The minimum Gasteiger partial charge on any atom is -0.478 e. The Hall–Kier alpha value is -14.8. The number of para-hydroxylation sites is 1. The van der Waals surface area contributed by atoms with Gasteiger partial charge >= 0.3 is 5.97 Å². The van der Waals surface area contributed by atoms with E-state index in [1.165, 1.54) is 66.2 Å².